The van der Waals surface area contributed by atoms with Crippen molar-refractivity contribution in [1.82, 2.24) is 20.2 Å². The molecule has 19 heavy (non-hydrogen) atoms. The van der Waals surface area contributed by atoms with Gasteiger partial charge in [-0.05, 0) is 38.3 Å². The molecule has 2 aliphatic rings. The molecule has 2 aliphatic heterocycles. The van der Waals surface area contributed by atoms with Crippen LogP contribution in [0.4, 0.5) is 0 Å². The molecule has 1 N–H and O–H groups in total. The van der Waals surface area contributed by atoms with E-state index in [1.807, 2.05) is 19.3 Å². The fraction of sp³-hybridized carbons (Fsp3) is 0.643. The summed E-state index contributed by atoms with van der Waals surface area (Å²) in [5.74, 6) is 1.04. The molecule has 1 amide bonds. The van der Waals surface area contributed by atoms with Crippen LogP contribution in [0.15, 0.2) is 12.4 Å². The van der Waals surface area contributed by atoms with Gasteiger partial charge in [0.25, 0.3) is 0 Å². The van der Waals surface area contributed by atoms with E-state index < -0.39 is 0 Å². The van der Waals surface area contributed by atoms with E-state index in [4.69, 9.17) is 0 Å². The number of carbonyl (C=O) groups is 1. The molecule has 3 heterocycles. The van der Waals surface area contributed by atoms with E-state index in [1.54, 1.807) is 0 Å². The lowest BCUT2D eigenvalue weighted by Gasteiger charge is -2.38. The molecule has 2 fully saturated rings. The molecule has 0 atom stereocenters. The average molecular weight is 260 g/mol. The van der Waals surface area contributed by atoms with Crippen molar-refractivity contribution in [3.8, 4) is 0 Å². The lowest BCUT2D eigenvalue weighted by atomic mass is 9.77. The number of carbonyl (C=O) groups excluding carboxylic acids is 1. The van der Waals surface area contributed by atoms with Gasteiger partial charge in [-0.25, -0.2) is 9.97 Å². The number of hydrogen-bond acceptors (Lipinski definition) is 4. The quantitative estimate of drug-likeness (QED) is 0.858. The average Bonchev–Trinajstić information content (AvgIpc) is 2.77. The molecule has 1 spiro atoms. The molecule has 0 bridgehead atoms. The zero-order valence-electron chi connectivity index (χ0n) is 11.4. The molecular weight excluding hydrogens is 240 g/mol. The smallest absolute Gasteiger partial charge is 0.220 e. The van der Waals surface area contributed by atoms with Gasteiger partial charge in [0.05, 0.1) is 0 Å². The van der Waals surface area contributed by atoms with Crippen LogP contribution >= 0.6 is 0 Å². The van der Waals surface area contributed by atoms with E-state index in [1.165, 1.54) is 5.56 Å². The molecule has 5 heteroatoms. The third-order valence-corrected chi connectivity index (χ3v) is 4.35. The topological polar surface area (TPSA) is 58.1 Å². The van der Waals surface area contributed by atoms with Gasteiger partial charge in [-0.2, -0.15) is 0 Å². The van der Waals surface area contributed by atoms with Crippen LogP contribution in [0.1, 0.15) is 30.7 Å². The Kier molecular flexibility index (Phi) is 3.22. The second-order valence-corrected chi connectivity index (χ2v) is 5.87. The van der Waals surface area contributed by atoms with Crippen molar-refractivity contribution in [2.45, 2.75) is 32.7 Å². The van der Waals surface area contributed by atoms with Crippen LogP contribution in [-0.2, 0) is 11.3 Å². The first-order chi connectivity index (χ1) is 9.15. The van der Waals surface area contributed by atoms with E-state index in [0.717, 1.165) is 44.8 Å². The lowest BCUT2D eigenvalue weighted by molar-refractivity contribution is -0.119. The predicted molar refractivity (Wildman–Crippen MR) is 71.3 cm³/mol. The Morgan fingerprint density at radius 2 is 2.00 bits per heavy atom. The SMILES string of the molecule is Cc1ncc(CN2CCC3(CC2)CNC(=O)C3)cn1. The Hall–Kier alpha value is -1.49. The molecule has 0 saturated carbocycles. The van der Waals surface area contributed by atoms with Crippen LogP contribution in [0.5, 0.6) is 0 Å². The maximum Gasteiger partial charge on any atom is 0.220 e. The van der Waals surface area contributed by atoms with Gasteiger partial charge in [0, 0.05) is 37.5 Å². The van der Waals surface area contributed by atoms with Crippen LogP contribution in [-0.4, -0.2) is 40.4 Å². The maximum atomic E-state index is 11.4. The van der Waals surface area contributed by atoms with E-state index >= 15 is 0 Å². The second kappa shape index (κ2) is 4.89. The third-order valence-electron chi connectivity index (χ3n) is 4.35. The van der Waals surface area contributed by atoms with Gasteiger partial charge < -0.3 is 5.32 Å². The number of aromatic nitrogens is 2. The van der Waals surface area contributed by atoms with Gasteiger partial charge in [-0.1, -0.05) is 0 Å². The molecule has 0 unspecified atom stereocenters. The minimum Gasteiger partial charge on any atom is -0.356 e. The number of nitrogens with zero attached hydrogens (tertiary/aromatic N) is 3. The molecule has 2 saturated heterocycles. The summed E-state index contributed by atoms with van der Waals surface area (Å²) in [7, 11) is 0. The summed E-state index contributed by atoms with van der Waals surface area (Å²) in [5, 5.41) is 2.97. The van der Waals surface area contributed by atoms with Gasteiger partial charge in [0.2, 0.25) is 5.91 Å². The van der Waals surface area contributed by atoms with Crippen molar-refractivity contribution in [1.29, 1.82) is 0 Å². The molecule has 0 aliphatic carbocycles. The molecule has 1 aromatic heterocycles. The highest BCUT2D eigenvalue weighted by atomic mass is 16.1. The number of piperidine rings is 1. The van der Waals surface area contributed by atoms with Crippen molar-refractivity contribution < 1.29 is 4.79 Å². The Bertz CT molecular complexity index is 463. The molecule has 0 radical (unpaired) electrons. The van der Waals surface area contributed by atoms with Crippen LogP contribution in [0.2, 0.25) is 0 Å². The summed E-state index contributed by atoms with van der Waals surface area (Å²) < 4.78 is 0. The largest absolute Gasteiger partial charge is 0.356 e. The van der Waals surface area contributed by atoms with Crippen molar-refractivity contribution in [3.63, 3.8) is 0 Å². The van der Waals surface area contributed by atoms with Gasteiger partial charge in [-0.3, -0.25) is 9.69 Å². The Labute approximate surface area is 113 Å². The van der Waals surface area contributed by atoms with Gasteiger partial charge >= 0.3 is 0 Å². The third kappa shape index (κ3) is 2.76. The van der Waals surface area contributed by atoms with Gasteiger partial charge in [0.1, 0.15) is 5.82 Å². The number of nitrogens with one attached hydrogen (secondary N) is 1. The number of likely N-dealkylation sites (tertiary alicyclic amines) is 1. The summed E-state index contributed by atoms with van der Waals surface area (Å²) >= 11 is 0. The molecule has 0 aromatic carbocycles. The van der Waals surface area contributed by atoms with E-state index in [0.29, 0.717) is 6.42 Å². The molecule has 1 aromatic rings. The first kappa shape index (κ1) is 12.5. The standard InChI is InChI=1S/C14H20N4O/c1-11-15-7-12(8-16-11)9-18-4-2-14(3-5-18)6-13(19)17-10-14/h7-8H,2-6,9-10H2,1H3,(H,17,19). The number of amides is 1. The highest BCUT2D eigenvalue weighted by molar-refractivity contribution is 5.79. The summed E-state index contributed by atoms with van der Waals surface area (Å²) in [6.45, 7) is 5.80. The monoisotopic (exact) mass is 260 g/mol. The van der Waals surface area contributed by atoms with E-state index in [2.05, 4.69) is 20.2 Å². The minimum absolute atomic E-state index is 0.223. The maximum absolute atomic E-state index is 11.4. The molecule has 3 rings (SSSR count). The Morgan fingerprint density at radius 1 is 1.32 bits per heavy atom. The first-order valence-corrected chi connectivity index (χ1v) is 6.92. The van der Waals surface area contributed by atoms with Crippen molar-refractivity contribution >= 4 is 5.91 Å². The van der Waals surface area contributed by atoms with Gasteiger partial charge in [0.15, 0.2) is 0 Å². The summed E-state index contributed by atoms with van der Waals surface area (Å²) in [6, 6.07) is 0. The second-order valence-electron chi connectivity index (χ2n) is 5.87. The zero-order valence-corrected chi connectivity index (χ0v) is 11.4. The fourth-order valence-electron chi connectivity index (χ4n) is 3.05. The highest BCUT2D eigenvalue weighted by Gasteiger charge is 2.40. The van der Waals surface area contributed by atoms with Crippen LogP contribution in [0.25, 0.3) is 0 Å². The zero-order chi connectivity index (χ0) is 13.3. The summed E-state index contributed by atoms with van der Waals surface area (Å²) in [4.78, 5) is 22.3. The molecular formula is C14H20N4O. The summed E-state index contributed by atoms with van der Waals surface area (Å²) in [6.07, 6.45) is 6.76. The van der Waals surface area contributed by atoms with Crippen LogP contribution in [0, 0.1) is 12.3 Å². The number of aryl methyl sites for hydroxylation is 1. The van der Waals surface area contributed by atoms with E-state index in [-0.39, 0.29) is 11.3 Å². The van der Waals surface area contributed by atoms with Crippen molar-refractivity contribution in [2.75, 3.05) is 19.6 Å². The van der Waals surface area contributed by atoms with Crippen molar-refractivity contribution in [3.05, 3.63) is 23.8 Å². The van der Waals surface area contributed by atoms with E-state index in [9.17, 15) is 4.79 Å². The molecule has 5 nitrogen and oxygen atoms in total. The molecule has 102 valence electrons. The minimum atomic E-state index is 0.223. The highest BCUT2D eigenvalue weighted by Crippen LogP contribution is 2.37. The summed E-state index contributed by atoms with van der Waals surface area (Å²) in [5.41, 5.74) is 1.40. The Morgan fingerprint density at radius 3 is 2.58 bits per heavy atom. The Balaban J connectivity index is 1.56. The number of rotatable bonds is 2. The normalized spacial score (nSPS) is 22.7. The predicted octanol–water partition coefficient (Wildman–Crippen LogP) is 0.887. The lowest BCUT2D eigenvalue weighted by Crippen LogP contribution is -2.40. The van der Waals surface area contributed by atoms with Crippen LogP contribution in [0.3, 0.4) is 0 Å². The number of hydrogen-bond donors (Lipinski definition) is 1. The van der Waals surface area contributed by atoms with Crippen molar-refractivity contribution in [2.24, 2.45) is 5.41 Å². The van der Waals surface area contributed by atoms with Gasteiger partial charge in [-0.15, -0.1) is 0 Å². The van der Waals surface area contributed by atoms with Crippen LogP contribution < -0.4 is 5.32 Å². The fourth-order valence-corrected chi connectivity index (χ4v) is 3.05. The first-order valence-electron chi connectivity index (χ1n) is 6.92.